The highest BCUT2D eigenvalue weighted by atomic mass is 32.2. The van der Waals surface area contributed by atoms with E-state index in [-0.39, 0.29) is 19.7 Å². The molecule has 1 heterocycles. The van der Waals surface area contributed by atoms with Crippen molar-refractivity contribution in [2.75, 3.05) is 29.8 Å². The molecule has 0 atom stereocenters. The standard InChI is InChI=1S/C21H24F3N5O2S/c1-3-11-29-18-9-6-15(13-17(18)27-19(29)21(22,23)24)28(2)32-16-7-4-14(5-8-16)26-20(31)25-10-12-30/h4-9,13,30H,3,10-12H2,1-2H3,(H2,25,26,31). The van der Waals surface area contributed by atoms with Crippen LogP contribution in [0, 0.1) is 0 Å². The van der Waals surface area contributed by atoms with Gasteiger partial charge >= 0.3 is 12.2 Å². The molecule has 0 radical (unpaired) electrons. The lowest BCUT2D eigenvalue weighted by Gasteiger charge is -2.18. The van der Waals surface area contributed by atoms with Gasteiger partial charge in [-0.25, -0.2) is 9.78 Å². The molecule has 1 aromatic heterocycles. The number of aliphatic hydroxyl groups excluding tert-OH is 1. The van der Waals surface area contributed by atoms with Crippen molar-refractivity contribution < 1.29 is 23.1 Å². The van der Waals surface area contributed by atoms with Crippen LogP contribution < -0.4 is 14.9 Å². The molecule has 3 aromatic rings. The highest BCUT2D eigenvalue weighted by Crippen LogP contribution is 2.34. The molecule has 11 heteroatoms. The van der Waals surface area contributed by atoms with E-state index in [0.29, 0.717) is 28.8 Å². The minimum Gasteiger partial charge on any atom is -0.395 e. The number of hydrogen-bond donors (Lipinski definition) is 3. The number of hydrogen-bond acceptors (Lipinski definition) is 5. The number of carbonyl (C=O) groups excluding carboxylic acids is 1. The van der Waals surface area contributed by atoms with E-state index in [4.69, 9.17) is 5.11 Å². The second-order valence-corrected chi connectivity index (χ2v) is 8.18. The molecule has 0 aliphatic rings. The number of nitrogens with zero attached hydrogens (tertiary/aromatic N) is 3. The van der Waals surface area contributed by atoms with Gasteiger partial charge in [-0.1, -0.05) is 6.92 Å². The number of fused-ring (bicyclic) bond motifs is 1. The van der Waals surface area contributed by atoms with E-state index in [1.165, 1.54) is 16.5 Å². The van der Waals surface area contributed by atoms with Crippen LogP contribution in [-0.2, 0) is 12.7 Å². The normalized spacial score (nSPS) is 11.6. The SMILES string of the molecule is CCCn1c(C(F)(F)F)nc2cc(N(C)Sc3ccc(NC(=O)NCCO)cc3)ccc21. The van der Waals surface area contributed by atoms with Gasteiger partial charge < -0.3 is 24.6 Å². The van der Waals surface area contributed by atoms with Crippen LogP contribution in [0.2, 0.25) is 0 Å². The molecule has 0 saturated heterocycles. The first kappa shape index (κ1) is 23.7. The van der Waals surface area contributed by atoms with Crippen LogP contribution in [0.5, 0.6) is 0 Å². The Morgan fingerprint density at radius 2 is 1.94 bits per heavy atom. The summed E-state index contributed by atoms with van der Waals surface area (Å²) in [6, 6.07) is 11.8. The number of aliphatic hydroxyl groups is 1. The Labute approximate surface area is 187 Å². The molecule has 0 aliphatic carbocycles. The highest BCUT2D eigenvalue weighted by molar-refractivity contribution is 8.00. The summed E-state index contributed by atoms with van der Waals surface area (Å²) in [5.74, 6) is -0.882. The van der Waals surface area contributed by atoms with Gasteiger partial charge in [0.2, 0.25) is 5.82 Å². The number of rotatable bonds is 8. The highest BCUT2D eigenvalue weighted by Gasteiger charge is 2.37. The third kappa shape index (κ3) is 5.65. The van der Waals surface area contributed by atoms with Crippen LogP contribution in [0.15, 0.2) is 47.4 Å². The Morgan fingerprint density at radius 3 is 2.56 bits per heavy atom. The monoisotopic (exact) mass is 467 g/mol. The molecule has 32 heavy (non-hydrogen) atoms. The maximum atomic E-state index is 13.4. The molecule has 3 rings (SSSR count). The number of alkyl halides is 3. The lowest BCUT2D eigenvalue weighted by molar-refractivity contribution is -0.146. The molecule has 7 nitrogen and oxygen atoms in total. The predicted molar refractivity (Wildman–Crippen MR) is 120 cm³/mol. The third-order valence-electron chi connectivity index (χ3n) is 4.55. The summed E-state index contributed by atoms with van der Waals surface area (Å²) in [5, 5.41) is 13.9. The van der Waals surface area contributed by atoms with E-state index in [1.54, 1.807) is 30.3 Å². The molecular weight excluding hydrogens is 443 g/mol. The minimum absolute atomic E-state index is 0.141. The second-order valence-electron chi connectivity index (χ2n) is 6.98. The predicted octanol–water partition coefficient (Wildman–Crippen LogP) is 4.72. The Hall–Kier alpha value is -2.92. The van der Waals surface area contributed by atoms with E-state index < -0.39 is 18.0 Å². The van der Waals surface area contributed by atoms with Crippen molar-refractivity contribution in [3.8, 4) is 0 Å². The fraction of sp³-hybridized carbons (Fsp3) is 0.333. The molecule has 0 aliphatic heterocycles. The largest absolute Gasteiger partial charge is 0.449 e. The topological polar surface area (TPSA) is 82.4 Å². The first-order chi connectivity index (χ1) is 15.2. The molecule has 0 saturated carbocycles. The Morgan fingerprint density at radius 1 is 1.22 bits per heavy atom. The van der Waals surface area contributed by atoms with Crippen LogP contribution in [-0.4, -0.2) is 40.9 Å². The molecule has 2 amide bonds. The number of nitrogens with one attached hydrogen (secondary N) is 2. The minimum atomic E-state index is -4.51. The molecule has 0 spiro atoms. The van der Waals surface area contributed by atoms with E-state index >= 15 is 0 Å². The first-order valence-electron chi connectivity index (χ1n) is 9.98. The molecule has 172 valence electrons. The van der Waals surface area contributed by atoms with Crippen molar-refractivity contribution >= 4 is 40.4 Å². The van der Waals surface area contributed by atoms with Gasteiger partial charge in [0.05, 0.1) is 17.6 Å². The van der Waals surface area contributed by atoms with Gasteiger partial charge in [-0.2, -0.15) is 13.2 Å². The number of aryl methyl sites for hydroxylation is 1. The van der Waals surface area contributed by atoms with Crippen molar-refractivity contribution in [3.05, 3.63) is 48.3 Å². The quantitative estimate of drug-likeness (QED) is 0.418. The lowest BCUT2D eigenvalue weighted by atomic mass is 10.2. The number of anilines is 2. The van der Waals surface area contributed by atoms with E-state index in [0.717, 1.165) is 4.90 Å². The van der Waals surface area contributed by atoms with Crippen molar-refractivity contribution in [1.29, 1.82) is 0 Å². The van der Waals surface area contributed by atoms with E-state index in [2.05, 4.69) is 15.6 Å². The Bertz CT molecular complexity index is 1070. The molecule has 0 fully saturated rings. The molecule has 2 aromatic carbocycles. The summed E-state index contributed by atoms with van der Waals surface area (Å²) in [5.41, 5.74) is 2.05. The fourth-order valence-electron chi connectivity index (χ4n) is 3.14. The Balaban J connectivity index is 1.74. The lowest BCUT2D eigenvalue weighted by Crippen LogP contribution is -2.30. The van der Waals surface area contributed by atoms with E-state index in [1.807, 2.05) is 30.4 Å². The average molecular weight is 468 g/mol. The molecule has 0 unspecified atom stereocenters. The number of halogens is 3. The smallest absolute Gasteiger partial charge is 0.395 e. The van der Waals surface area contributed by atoms with Crippen molar-refractivity contribution in [3.63, 3.8) is 0 Å². The van der Waals surface area contributed by atoms with Gasteiger partial charge in [0.15, 0.2) is 0 Å². The van der Waals surface area contributed by atoms with Crippen LogP contribution >= 0.6 is 11.9 Å². The summed E-state index contributed by atoms with van der Waals surface area (Å²) in [6.45, 7) is 2.09. The zero-order chi connectivity index (χ0) is 23.3. The van der Waals surface area contributed by atoms with Gasteiger partial charge in [-0.15, -0.1) is 0 Å². The summed E-state index contributed by atoms with van der Waals surface area (Å²) in [6.07, 6.45) is -3.94. The van der Waals surface area contributed by atoms with Crippen molar-refractivity contribution in [2.45, 2.75) is 31.0 Å². The van der Waals surface area contributed by atoms with Gasteiger partial charge in [-0.3, -0.25) is 0 Å². The van der Waals surface area contributed by atoms with Gasteiger partial charge in [0.25, 0.3) is 0 Å². The first-order valence-corrected chi connectivity index (χ1v) is 10.7. The summed E-state index contributed by atoms with van der Waals surface area (Å²) >= 11 is 1.39. The number of amides is 2. The zero-order valence-corrected chi connectivity index (χ0v) is 18.4. The third-order valence-corrected chi connectivity index (χ3v) is 5.52. The van der Waals surface area contributed by atoms with Crippen molar-refractivity contribution in [1.82, 2.24) is 14.9 Å². The van der Waals surface area contributed by atoms with Crippen molar-refractivity contribution in [2.24, 2.45) is 0 Å². The van der Waals surface area contributed by atoms with Crippen LogP contribution in [0.1, 0.15) is 19.2 Å². The molecular formula is C21H24F3N5O2S. The van der Waals surface area contributed by atoms with Gasteiger partial charge in [0, 0.05) is 36.4 Å². The number of imidazole rings is 1. The van der Waals surface area contributed by atoms with Crippen LogP contribution in [0.3, 0.4) is 0 Å². The Kier molecular flexibility index (Phi) is 7.52. The van der Waals surface area contributed by atoms with Gasteiger partial charge in [-0.05, 0) is 60.8 Å². The zero-order valence-electron chi connectivity index (χ0n) is 17.6. The fourth-order valence-corrected chi connectivity index (χ4v) is 3.93. The van der Waals surface area contributed by atoms with Crippen LogP contribution in [0.25, 0.3) is 11.0 Å². The second kappa shape index (κ2) is 10.1. The maximum absolute atomic E-state index is 13.4. The average Bonchev–Trinajstić information content (AvgIpc) is 3.12. The number of benzene rings is 2. The molecule has 0 bridgehead atoms. The maximum Gasteiger partial charge on any atom is 0.449 e. The summed E-state index contributed by atoms with van der Waals surface area (Å²) < 4.78 is 43.2. The van der Waals surface area contributed by atoms with Gasteiger partial charge in [0.1, 0.15) is 0 Å². The summed E-state index contributed by atoms with van der Waals surface area (Å²) in [7, 11) is 1.81. The van der Waals surface area contributed by atoms with Crippen LogP contribution in [0.4, 0.5) is 29.3 Å². The number of urea groups is 1. The number of carbonyl (C=O) groups is 1. The summed E-state index contributed by atoms with van der Waals surface area (Å²) in [4.78, 5) is 16.4. The molecule has 3 N–H and O–H groups in total. The number of aromatic nitrogens is 2. The van der Waals surface area contributed by atoms with E-state index in [9.17, 15) is 18.0 Å².